The van der Waals surface area contributed by atoms with E-state index in [1.54, 1.807) is 0 Å². The van der Waals surface area contributed by atoms with Crippen molar-refractivity contribution in [2.24, 2.45) is 0 Å². The number of unbranched alkanes of at least 4 members (excludes halogenated alkanes) is 2. The third-order valence-electron chi connectivity index (χ3n) is 1.13. The summed E-state index contributed by atoms with van der Waals surface area (Å²) in [5.74, 6) is 0. The Morgan fingerprint density at radius 2 is 1.18 bits per heavy atom. The second kappa shape index (κ2) is 17.7. The third kappa shape index (κ3) is 18.6. The van der Waals surface area contributed by atoms with Crippen LogP contribution in [-0.4, -0.2) is 0 Å². The molecule has 0 heterocycles. The Morgan fingerprint density at radius 3 is 1.45 bits per heavy atom. The van der Waals surface area contributed by atoms with E-state index in [1.165, 1.54) is 36.3 Å². The molecule has 0 bridgehead atoms. The van der Waals surface area contributed by atoms with Crippen LogP contribution in [0.25, 0.3) is 0 Å². The summed E-state index contributed by atoms with van der Waals surface area (Å²) in [6.45, 7) is 4.50. The molecule has 0 saturated carbocycles. The monoisotopic (exact) mass is 191 g/mol. The van der Waals surface area contributed by atoms with E-state index < -0.39 is 0 Å². The largest absolute Gasteiger partial charge is 1.00 e. The van der Waals surface area contributed by atoms with Crippen molar-refractivity contribution in [3.05, 3.63) is 0 Å². The molecule has 3 heteroatoms. The predicted octanol–water partition coefficient (Wildman–Crippen LogP) is -2.49. The van der Waals surface area contributed by atoms with Gasteiger partial charge < -0.3 is 0 Å². The van der Waals surface area contributed by atoms with Crippen LogP contribution in [0.1, 0.15) is 39.5 Å². The van der Waals surface area contributed by atoms with Gasteiger partial charge in [0, 0.05) is 0 Å². The molecule has 0 aromatic heterocycles. The molecule has 0 spiro atoms. The predicted molar refractivity (Wildman–Crippen MR) is 39.4 cm³/mol. The van der Waals surface area contributed by atoms with Crippen molar-refractivity contribution in [1.29, 1.82) is 0 Å². The Hall–Kier alpha value is 1.71. The zero-order chi connectivity index (χ0) is 6.95. The average molecular weight is 192 g/mol. The molecule has 0 rings (SSSR count). The Kier molecular flexibility index (Phi) is 29.8. The average Bonchev–Trinajstić information content (AvgIpc) is 1.89. The van der Waals surface area contributed by atoms with Crippen molar-refractivity contribution in [2.75, 3.05) is 0 Å². The number of hydrogen-bond donors (Lipinski definition) is 0. The Labute approximate surface area is 102 Å². The molecule has 0 aromatic carbocycles. The summed E-state index contributed by atoms with van der Waals surface area (Å²) in [6, 6.07) is 0. The van der Waals surface area contributed by atoms with Crippen LogP contribution in [0.5, 0.6) is 0 Å². The van der Waals surface area contributed by atoms with Gasteiger partial charge in [0.1, 0.15) is 0 Å². The molecule has 0 radical (unpaired) electrons. The van der Waals surface area contributed by atoms with Crippen LogP contribution in [0.3, 0.4) is 0 Å². The fraction of sp³-hybridized carbons (Fsp3) is 1.00. The van der Waals surface area contributed by atoms with Gasteiger partial charge in [-0.15, -0.1) is 0 Å². The van der Waals surface area contributed by atoms with Crippen LogP contribution < -0.4 is 37.7 Å². The molecule has 0 aliphatic carbocycles. The maximum Gasteiger partial charge on any atom is 1.00 e. The summed E-state index contributed by atoms with van der Waals surface area (Å²) < 4.78 is 0. The van der Waals surface area contributed by atoms with E-state index in [9.17, 15) is 0 Å². The Morgan fingerprint density at radius 1 is 0.818 bits per heavy atom. The van der Waals surface area contributed by atoms with E-state index in [4.69, 9.17) is 0 Å². The zero-order valence-corrected chi connectivity index (χ0v) is 9.49. The maximum atomic E-state index is 2.25. The normalized spacial score (nSPS) is 8.55. The van der Waals surface area contributed by atoms with E-state index >= 15 is 0 Å². The molecule has 0 amide bonds. The van der Waals surface area contributed by atoms with Crippen molar-refractivity contribution < 1.29 is 52.7 Å². The van der Waals surface area contributed by atoms with Gasteiger partial charge in [-0.2, -0.15) is 0 Å². The second-order valence-corrected chi connectivity index (χ2v) is 3.57. The van der Waals surface area contributed by atoms with E-state index in [2.05, 4.69) is 28.8 Å². The molecular formula is C8H18CuLi2. The number of rotatable bonds is 6. The molecule has 0 aromatic rings. The fourth-order valence-corrected chi connectivity index (χ4v) is 1.81. The number of hydrogen-bond acceptors (Lipinski definition) is 0. The zero-order valence-electron chi connectivity index (χ0n) is 8.54. The van der Waals surface area contributed by atoms with Gasteiger partial charge in [-0.1, -0.05) is 0 Å². The summed E-state index contributed by atoms with van der Waals surface area (Å²) in [5.41, 5.74) is 0. The van der Waals surface area contributed by atoms with Crippen molar-refractivity contribution in [3.63, 3.8) is 0 Å². The van der Waals surface area contributed by atoms with E-state index in [0.29, 0.717) is 0 Å². The minimum atomic E-state index is 0. The first-order valence-corrected chi connectivity index (χ1v) is 5.17. The molecule has 0 aliphatic heterocycles. The van der Waals surface area contributed by atoms with Gasteiger partial charge in [-0.05, 0) is 0 Å². The summed E-state index contributed by atoms with van der Waals surface area (Å²) in [6.07, 6.45) is 5.47. The molecular weight excluding hydrogens is 174 g/mol. The van der Waals surface area contributed by atoms with E-state index in [0.717, 1.165) is 0 Å². The summed E-state index contributed by atoms with van der Waals surface area (Å²) >= 11 is 2.18. The smallest absolute Gasteiger partial charge is 1.00 e. The minimum Gasteiger partial charge on any atom is 1.00 e. The molecule has 0 fully saturated rings. The van der Waals surface area contributed by atoms with Gasteiger partial charge in [0.15, 0.2) is 0 Å². The van der Waals surface area contributed by atoms with Gasteiger partial charge >= 0.3 is 103 Å². The van der Waals surface area contributed by atoms with Crippen molar-refractivity contribution in [2.45, 2.75) is 50.2 Å². The third-order valence-corrected chi connectivity index (χ3v) is 2.47. The molecule has 0 nitrogen and oxygen atoms in total. The quantitative estimate of drug-likeness (QED) is 0.322. The van der Waals surface area contributed by atoms with Crippen molar-refractivity contribution in [1.82, 2.24) is 0 Å². The van der Waals surface area contributed by atoms with Crippen LogP contribution in [0.4, 0.5) is 0 Å². The van der Waals surface area contributed by atoms with Gasteiger partial charge in [0.2, 0.25) is 0 Å². The molecule has 63 valence electrons. The van der Waals surface area contributed by atoms with Crippen molar-refractivity contribution in [3.8, 4) is 0 Å². The molecule has 0 atom stereocenters. The van der Waals surface area contributed by atoms with Crippen LogP contribution >= 0.6 is 0 Å². The molecule has 0 saturated heterocycles. The summed E-state index contributed by atoms with van der Waals surface area (Å²) in [4.78, 5) is 0. The van der Waals surface area contributed by atoms with Crippen LogP contribution in [-0.2, 0) is 15.0 Å². The first-order valence-electron chi connectivity index (χ1n) is 3.84. The van der Waals surface area contributed by atoms with Crippen LogP contribution in [0.15, 0.2) is 0 Å². The van der Waals surface area contributed by atoms with E-state index in [1.807, 2.05) is 0 Å². The van der Waals surface area contributed by atoms with Crippen LogP contribution in [0.2, 0.25) is 10.6 Å². The minimum absolute atomic E-state index is 0. The maximum absolute atomic E-state index is 2.25. The van der Waals surface area contributed by atoms with E-state index in [-0.39, 0.29) is 37.7 Å². The van der Waals surface area contributed by atoms with Gasteiger partial charge in [0.25, 0.3) is 0 Å². The molecule has 0 unspecified atom stereocenters. The Balaban J connectivity index is -0.000000320. The van der Waals surface area contributed by atoms with Gasteiger partial charge in [-0.3, -0.25) is 0 Å². The second-order valence-electron chi connectivity index (χ2n) is 2.16. The SMILES string of the molecule is CCC[CH2][Cu-2][CH2]CCC.[Li+].[Li+]. The van der Waals surface area contributed by atoms with Crippen LogP contribution in [0, 0.1) is 0 Å². The Bertz CT molecular complexity index is 45.4. The topological polar surface area (TPSA) is 0 Å². The summed E-state index contributed by atoms with van der Waals surface area (Å²) in [5, 5.41) is 2.72. The van der Waals surface area contributed by atoms with Gasteiger partial charge in [0.05, 0.1) is 0 Å². The first kappa shape index (κ1) is 18.5. The summed E-state index contributed by atoms with van der Waals surface area (Å²) in [7, 11) is 0. The van der Waals surface area contributed by atoms with Gasteiger partial charge in [-0.25, -0.2) is 0 Å². The first-order chi connectivity index (χ1) is 4.41. The molecule has 11 heavy (non-hydrogen) atoms. The molecule has 0 aliphatic rings. The molecule has 0 N–H and O–H groups in total. The standard InChI is InChI=1S/2C4H9.Cu.2Li/c2*1-3-4-2;;;/h2*1,3-4H2,2H3;;;/q;;-2;2*+1. The fourth-order valence-electron chi connectivity index (χ4n) is 0.439. The van der Waals surface area contributed by atoms with Crippen molar-refractivity contribution >= 4 is 0 Å².